The Morgan fingerprint density at radius 2 is 2.00 bits per heavy atom. The number of rotatable bonds is 4. The second-order valence-electron chi connectivity index (χ2n) is 3.75. The first kappa shape index (κ1) is 14.2. The van der Waals surface area contributed by atoms with Gasteiger partial charge in [0.15, 0.2) is 9.84 Å². The van der Waals surface area contributed by atoms with Gasteiger partial charge in [0, 0.05) is 12.8 Å². The summed E-state index contributed by atoms with van der Waals surface area (Å²) in [5.74, 6) is -0.444. The van der Waals surface area contributed by atoms with Crippen molar-refractivity contribution in [1.29, 1.82) is 5.26 Å². The Morgan fingerprint density at radius 3 is 2.50 bits per heavy atom. The molecule has 5 nitrogen and oxygen atoms in total. The zero-order chi connectivity index (χ0) is 13.8. The lowest BCUT2D eigenvalue weighted by molar-refractivity contribution is 0.0780. The van der Waals surface area contributed by atoms with Crippen LogP contribution < -0.4 is 0 Å². The monoisotopic (exact) mass is 266 g/mol. The van der Waals surface area contributed by atoms with Crippen LogP contribution in [0, 0.1) is 11.3 Å². The number of carbonyl (C=O) groups excluding carboxylic acids is 1. The van der Waals surface area contributed by atoms with Crippen molar-refractivity contribution in [2.24, 2.45) is 0 Å². The smallest absolute Gasteiger partial charge is 0.256 e. The van der Waals surface area contributed by atoms with Crippen molar-refractivity contribution in [2.45, 2.75) is 11.8 Å². The van der Waals surface area contributed by atoms with Crippen LogP contribution in [0.25, 0.3) is 0 Å². The maximum atomic E-state index is 12.1. The molecule has 0 N–H and O–H groups in total. The van der Waals surface area contributed by atoms with Crippen molar-refractivity contribution in [3.05, 3.63) is 29.8 Å². The maximum Gasteiger partial charge on any atom is 0.256 e. The van der Waals surface area contributed by atoms with E-state index in [-0.39, 0.29) is 17.0 Å². The predicted molar refractivity (Wildman–Crippen MR) is 66.7 cm³/mol. The molecule has 0 saturated heterocycles. The standard InChI is InChI=1S/C12H14N2O3S/c1-3-14(9-8-13)12(15)10-6-4-5-7-11(10)18(2,16)17/h4-7H,3,9H2,1-2H3. The summed E-state index contributed by atoms with van der Waals surface area (Å²) in [5, 5.41) is 8.63. The number of benzene rings is 1. The van der Waals surface area contributed by atoms with E-state index in [1.165, 1.54) is 17.0 Å². The zero-order valence-electron chi connectivity index (χ0n) is 10.3. The molecule has 96 valence electrons. The summed E-state index contributed by atoms with van der Waals surface area (Å²) in [6.45, 7) is 2.02. The Balaban J connectivity index is 3.26. The second kappa shape index (κ2) is 5.65. The number of carbonyl (C=O) groups is 1. The number of hydrogen-bond acceptors (Lipinski definition) is 4. The van der Waals surface area contributed by atoms with Crippen LogP contribution in [0.4, 0.5) is 0 Å². The number of hydrogen-bond donors (Lipinski definition) is 0. The van der Waals surface area contributed by atoms with Gasteiger partial charge in [-0.05, 0) is 19.1 Å². The van der Waals surface area contributed by atoms with Gasteiger partial charge in [-0.1, -0.05) is 12.1 Å². The highest BCUT2D eigenvalue weighted by atomic mass is 32.2. The average molecular weight is 266 g/mol. The third kappa shape index (κ3) is 3.08. The number of amides is 1. The number of nitriles is 1. The molecule has 1 rings (SSSR count). The fraction of sp³-hybridized carbons (Fsp3) is 0.333. The Bertz CT molecular complexity index is 588. The topological polar surface area (TPSA) is 78.2 Å². The van der Waals surface area contributed by atoms with Gasteiger partial charge in [-0.25, -0.2) is 8.42 Å². The zero-order valence-corrected chi connectivity index (χ0v) is 11.1. The van der Waals surface area contributed by atoms with Gasteiger partial charge >= 0.3 is 0 Å². The molecule has 0 bridgehead atoms. The van der Waals surface area contributed by atoms with E-state index in [1.807, 2.05) is 6.07 Å². The summed E-state index contributed by atoms with van der Waals surface area (Å²) in [6, 6.07) is 7.89. The van der Waals surface area contributed by atoms with Crippen LogP contribution in [-0.4, -0.2) is 38.6 Å². The summed E-state index contributed by atoms with van der Waals surface area (Å²) in [7, 11) is -3.47. The first-order chi connectivity index (χ1) is 8.41. The van der Waals surface area contributed by atoms with Crippen LogP contribution in [0.1, 0.15) is 17.3 Å². The minimum absolute atomic E-state index is 0.00797. The van der Waals surface area contributed by atoms with Crippen molar-refractivity contribution in [2.75, 3.05) is 19.3 Å². The molecule has 0 radical (unpaired) electrons. The van der Waals surface area contributed by atoms with Crippen LogP contribution in [-0.2, 0) is 9.84 Å². The van der Waals surface area contributed by atoms with E-state index in [0.717, 1.165) is 6.26 Å². The maximum absolute atomic E-state index is 12.1. The summed E-state index contributed by atoms with van der Waals surface area (Å²) in [6.07, 6.45) is 1.06. The van der Waals surface area contributed by atoms with Gasteiger partial charge in [0.25, 0.3) is 5.91 Å². The lowest BCUT2D eigenvalue weighted by Crippen LogP contribution is -2.32. The quantitative estimate of drug-likeness (QED) is 0.764. The molecular weight excluding hydrogens is 252 g/mol. The lowest BCUT2D eigenvalue weighted by Gasteiger charge is -2.18. The van der Waals surface area contributed by atoms with E-state index >= 15 is 0 Å². The minimum Gasteiger partial charge on any atom is -0.326 e. The Kier molecular flexibility index (Phi) is 4.45. The molecule has 0 aliphatic heterocycles. The van der Waals surface area contributed by atoms with Crippen molar-refractivity contribution in [1.82, 2.24) is 4.90 Å². The summed E-state index contributed by atoms with van der Waals surface area (Å²) >= 11 is 0. The Morgan fingerprint density at radius 1 is 1.39 bits per heavy atom. The molecule has 1 amide bonds. The Labute approximate surface area is 107 Å². The van der Waals surface area contributed by atoms with Crippen molar-refractivity contribution >= 4 is 15.7 Å². The first-order valence-corrected chi connectivity index (χ1v) is 7.26. The molecular formula is C12H14N2O3S. The SMILES string of the molecule is CCN(CC#N)C(=O)c1ccccc1S(C)(=O)=O. The molecule has 0 spiro atoms. The highest BCUT2D eigenvalue weighted by Gasteiger charge is 2.21. The molecule has 0 atom stereocenters. The highest BCUT2D eigenvalue weighted by molar-refractivity contribution is 7.90. The van der Waals surface area contributed by atoms with Crippen LogP contribution in [0.3, 0.4) is 0 Å². The van der Waals surface area contributed by atoms with E-state index in [1.54, 1.807) is 19.1 Å². The van der Waals surface area contributed by atoms with Gasteiger partial charge in [0.05, 0.1) is 16.5 Å². The van der Waals surface area contributed by atoms with Gasteiger partial charge in [-0.2, -0.15) is 5.26 Å². The molecule has 18 heavy (non-hydrogen) atoms. The molecule has 1 aromatic rings. The van der Waals surface area contributed by atoms with Gasteiger partial charge in [-0.15, -0.1) is 0 Å². The van der Waals surface area contributed by atoms with E-state index in [0.29, 0.717) is 6.54 Å². The van der Waals surface area contributed by atoms with Crippen LogP contribution >= 0.6 is 0 Å². The molecule has 0 fully saturated rings. The van der Waals surface area contributed by atoms with Crippen LogP contribution in [0.15, 0.2) is 29.2 Å². The highest BCUT2D eigenvalue weighted by Crippen LogP contribution is 2.17. The Hall–Kier alpha value is -1.87. The van der Waals surface area contributed by atoms with Crippen LogP contribution in [0.2, 0.25) is 0 Å². The van der Waals surface area contributed by atoms with E-state index in [9.17, 15) is 13.2 Å². The molecule has 0 heterocycles. The third-order valence-corrected chi connectivity index (χ3v) is 3.60. The van der Waals surface area contributed by atoms with Crippen molar-refractivity contribution in [3.63, 3.8) is 0 Å². The molecule has 6 heteroatoms. The van der Waals surface area contributed by atoms with E-state index in [4.69, 9.17) is 5.26 Å². The first-order valence-electron chi connectivity index (χ1n) is 5.37. The van der Waals surface area contributed by atoms with Crippen molar-refractivity contribution in [3.8, 4) is 6.07 Å². The number of sulfone groups is 1. The minimum atomic E-state index is -3.47. The second-order valence-corrected chi connectivity index (χ2v) is 5.73. The van der Waals surface area contributed by atoms with E-state index < -0.39 is 15.7 Å². The largest absolute Gasteiger partial charge is 0.326 e. The van der Waals surface area contributed by atoms with Gasteiger partial charge in [-0.3, -0.25) is 4.79 Å². The summed E-state index contributed by atoms with van der Waals surface area (Å²) in [4.78, 5) is 13.4. The van der Waals surface area contributed by atoms with Crippen molar-refractivity contribution < 1.29 is 13.2 Å². The predicted octanol–water partition coefficient (Wildman–Crippen LogP) is 1.08. The van der Waals surface area contributed by atoms with Gasteiger partial charge < -0.3 is 4.90 Å². The fourth-order valence-corrected chi connectivity index (χ4v) is 2.43. The molecule has 0 aliphatic carbocycles. The summed E-state index contributed by atoms with van der Waals surface area (Å²) in [5.41, 5.74) is 0.108. The molecule has 1 aromatic carbocycles. The fourth-order valence-electron chi connectivity index (χ4n) is 1.55. The normalized spacial score (nSPS) is 10.7. The molecule has 0 aromatic heterocycles. The molecule has 0 aliphatic rings. The number of nitrogens with zero attached hydrogens (tertiary/aromatic N) is 2. The van der Waals surface area contributed by atoms with E-state index in [2.05, 4.69) is 0 Å². The molecule has 0 unspecified atom stereocenters. The summed E-state index contributed by atoms with van der Waals surface area (Å²) < 4.78 is 23.2. The third-order valence-electron chi connectivity index (χ3n) is 2.45. The molecule has 0 saturated carbocycles. The van der Waals surface area contributed by atoms with Gasteiger partial charge in [0.2, 0.25) is 0 Å². The van der Waals surface area contributed by atoms with Gasteiger partial charge in [0.1, 0.15) is 6.54 Å². The lowest BCUT2D eigenvalue weighted by atomic mass is 10.2. The average Bonchev–Trinajstić information content (AvgIpc) is 2.34. The van der Waals surface area contributed by atoms with Crippen LogP contribution in [0.5, 0.6) is 0 Å².